The molecule has 0 unspecified atom stereocenters. The number of hydrogen-bond donors (Lipinski definition) is 1. The predicted octanol–water partition coefficient (Wildman–Crippen LogP) is 3.79. The first-order valence-corrected chi connectivity index (χ1v) is 15.1. The lowest BCUT2D eigenvalue weighted by atomic mass is 10.1. The SMILES string of the molecule is COCCN(c1cccc(-c2ccc3cnc(CNC(=O)c4ccc5c(c4)S(=O)(=O)CCOC5)cc3n2)n1)C(C)C. The van der Waals surface area contributed by atoms with E-state index in [9.17, 15) is 13.2 Å². The highest BCUT2D eigenvalue weighted by atomic mass is 32.2. The Bertz CT molecular complexity index is 1680. The Balaban J connectivity index is 1.34. The van der Waals surface area contributed by atoms with Gasteiger partial charge in [0.1, 0.15) is 5.82 Å². The number of benzene rings is 1. The summed E-state index contributed by atoms with van der Waals surface area (Å²) in [5, 5.41) is 3.70. The molecule has 1 aliphatic rings. The molecule has 4 heterocycles. The average molecular weight is 576 g/mol. The van der Waals surface area contributed by atoms with Crippen molar-refractivity contribution in [1.29, 1.82) is 0 Å². The third-order valence-electron chi connectivity index (χ3n) is 6.93. The Labute approximate surface area is 239 Å². The molecule has 4 aromatic rings. The Morgan fingerprint density at radius 2 is 1.93 bits per heavy atom. The number of nitrogens with one attached hydrogen (secondary N) is 1. The van der Waals surface area contributed by atoms with E-state index in [1.54, 1.807) is 25.4 Å². The first-order valence-electron chi connectivity index (χ1n) is 13.5. The molecule has 0 saturated carbocycles. The van der Waals surface area contributed by atoms with Gasteiger partial charge in [-0.25, -0.2) is 18.4 Å². The zero-order chi connectivity index (χ0) is 29.0. The monoisotopic (exact) mass is 575 g/mol. The molecule has 0 atom stereocenters. The second-order valence-electron chi connectivity index (χ2n) is 10.1. The number of aromatic nitrogens is 3. The van der Waals surface area contributed by atoms with Gasteiger partial charge in [-0.1, -0.05) is 12.1 Å². The second kappa shape index (κ2) is 12.3. The van der Waals surface area contributed by atoms with E-state index in [0.29, 0.717) is 17.9 Å². The van der Waals surface area contributed by atoms with E-state index in [1.807, 2.05) is 36.4 Å². The highest BCUT2D eigenvalue weighted by Crippen LogP contribution is 2.25. The quantitative estimate of drug-likeness (QED) is 0.317. The number of carbonyl (C=O) groups excluding carboxylic acids is 1. The van der Waals surface area contributed by atoms with Gasteiger partial charge in [-0.05, 0) is 61.9 Å². The number of nitrogens with zero attached hydrogens (tertiary/aromatic N) is 4. The number of methoxy groups -OCH3 is 1. The molecule has 0 saturated heterocycles. The van der Waals surface area contributed by atoms with Gasteiger partial charge in [0.2, 0.25) is 0 Å². The van der Waals surface area contributed by atoms with Crippen LogP contribution in [0.25, 0.3) is 22.3 Å². The molecule has 1 N–H and O–H groups in total. The van der Waals surface area contributed by atoms with Crippen LogP contribution in [0, 0.1) is 0 Å². The molecule has 0 fully saturated rings. The fourth-order valence-electron chi connectivity index (χ4n) is 4.69. The Kier molecular flexibility index (Phi) is 8.57. The number of fused-ring (bicyclic) bond motifs is 2. The second-order valence-corrected chi connectivity index (χ2v) is 12.2. The summed E-state index contributed by atoms with van der Waals surface area (Å²) in [4.78, 5) is 29.4. The van der Waals surface area contributed by atoms with E-state index in [4.69, 9.17) is 19.4 Å². The first kappa shape index (κ1) is 28.6. The number of amides is 1. The van der Waals surface area contributed by atoms with Crippen molar-refractivity contribution in [2.24, 2.45) is 0 Å². The van der Waals surface area contributed by atoms with Crippen LogP contribution in [0.4, 0.5) is 5.82 Å². The minimum absolute atomic E-state index is 0.106. The van der Waals surface area contributed by atoms with Crippen molar-refractivity contribution in [2.75, 3.05) is 37.5 Å². The summed E-state index contributed by atoms with van der Waals surface area (Å²) in [6.45, 7) is 6.07. The fraction of sp³-hybridized carbons (Fsp3) is 0.333. The Morgan fingerprint density at radius 3 is 2.73 bits per heavy atom. The lowest BCUT2D eigenvalue weighted by Crippen LogP contribution is -2.34. The maximum absolute atomic E-state index is 12.9. The van der Waals surface area contributed by atoms with Crippen molar-refractivity contribution in [3.63, 3.8) is 0 Å². The molecule has 3 aromatic heterocycles. The van der Waals surface area contributed by atoms with Crippen molar-refractivity contribution in [3.05, 3.63) is 77.6 Å². The summed E-state index contributed by atoms with van der Waals surface area (Å²) in [5.74, 6) is 0.360. The molecule has 0 spiro atoms. The lowest BCUT2D eigenvalue weighted by Gasteiger charge is -2.27. The van der Waals surface area contributed by atoms with Gasteiger partial charge in [-0.15, -0.1) is 0 Å². The van der Waals surface area contributed by atoms with E-state index in [-0.39, 0.29) is 47.9 Å². The number of ether oxygens (including phenoxy) is 2. The molecule has 11 heteroatoms. The maximum atomic E-state index is 12.9. The molecule has 214 valence electrons. The highest BCUT2D eigenvalue weighted by Gasteiger charge is 2.23. The zero-order valence-electron chi connectivity index (χ0n) is 23.3. The molecule has 1 aromatic carbocycles. The number of rotatable bonds is 9. The first-order chi connectivity index (χ1) is 19.7. The molecule has 0 bridgehead atoms. The van der Waals surface area contributed by atoms with Crippen LogP contribution in [0.2, 0.25) is 0 Å². The smallest absolute Gasteiger partial charge is 0.251 e. The highest BCUT2D eigenvalue weighted by molar-refractivity contribution is 7.91. The summed E-state index contributed by atoms with van der Waals surface area (Å²) in [6, 6.07) is 16.5. The molecule has 0 aliphatic carbocycles. The lowest BCUT2D eigenvalue weighted by molar-refractivity contribution is 0.0950. The normalized spacial score (nSPS) is 14.4. The van der Waals surface area contributed by atoms with Crippen LogP contribution in [0.1, 0.15) is 35.5 Å². The third-order valence-corrected chi connectivity index (χ3v) is 8.68. The molecule has 0 radical (unpaired) electrons. The number of anilines is 1. The van der Waals surface area contributed by atoms with Gasteiger partial charge >= 0.3 is 0 Å². The van der Waals surface area contributed by atoms with Gasteiger partial charge < -0.3 is 19.7 Å². The molecule has 10 nitrogen and oxygen atoms in total. The van der Waals surface area contributed by atoms with Crippen LogP contribution < -0.4 is 10.2 Å². The van der Waals surface area contributed by atoms with Crippen molar-refractivity contribution < 1.29 is 22.7 Å². The average Bonchev–Trinajstić information content (AvgIpc) is 3.12. The van der Waals surface area contributed by atoms with Crippen molar-refractivity contribution in [1.82, 2.24) is 20.3 Å². The van der Waals surface area contributed by atoms with Crippen LogP contribution in [-0.2, 0) is 32.5 Å². The molecule has 1 amide bonds. The largest absolute Gasteiger partial charge is 0.383 e. The number of pyridine rings is 3. The third kappa shape index (κ3) is 6.53. The number of hydrogen-bond acceptors (Lipinski definition) is 9. The molecular formula is C30H33N5O5S. The summed E-state index contributed by atoms with van der Waals surface area (Å²) in [6.07, 6.45) is 1.72. The van der Waals surface area contributed by atoms with Crippen LogP contribution >= 0.6 is 0 Å². The van der Waals surface area contributed by atoms with E-state index in [2.05, 4.69) is 29.0 Å². The van der Waals surface area contributed by atoms with Gasteiger partial charge in [0.05, 0.1) is 59.6 Å². The fourth-order valence-corrected chi connectivity index (χ4v) is 6.08. The summed E-state index contributed by atoms with van der Waals surface area (Å²) in [5.41, 5.74) is 3.66. The predicted molar refractivity (Wildman–Crippen MR) is 156 cm³/mol. The summed E-state index contributed by atoms with van der Waals surface area (Å²) in [7, 11) is -1.82. The van der Waals surface area contributed by atoms with Crippen LogP contribution in [0.5, 0.6) is 0 Å². The summed E-state index contributed by atoms with van der Waals surface area (Å²) >= 11 is 0. The molecule has 41 heavy (non-hydrogen) atoms. The maximum Gasteiger partial charge on any atom is 0.251 e. The minimum Gasteiger partial charge on any atom is -0.383 e. The minimum atomic E-state index is -3.51. The van der Waals surface area contributed by atoms with E-state index in [0.717, 1.165) is 34.7 Å². The molecular weight excluding hydrogens is 542 g/mol. The van der Waals surface area contributed by atoms with Crippen LogP contribution in [-0.4, -0.2) is 67.9 Å². The summed E-state index contributed by atoms with van der Waals surface area (Å²) < 4.78 is 35.8. The Morgan fingerprint density at radius 1 is 1.10 bits per heavy atom. The zero-order valence-corrected chi connectivity index (χ0v) is 24.1. The molecule has 5 rings (SSSR count). The van der Waals surface area contributed by atoms with Gasteiger partial charge in [-0.2, -0.15) is 0 Å². The number of carbonyl (C=O) groups is 1. The topological polar surface area (TPSA) is 124 Å². The van der Waals surface area contributed by atoms with E-state index >= 15 is 0 Å². The Hall–Kier alpha value is -3.93. The van der Waals surface area contributed by atoms with Gasteiger partial charge in [0.25, 0.3) is 5.91 Å². The number of sulfone groups is 1. The van der Waals surface area contributed by atoms with Crippen LogP contribution in [0.3, 0.4) is 0 Å². The van der Waals surface area contributed by atoms with Crippen molar-refractivity contribution in [2.45, 2.75) is 37.9 Å². The van der Waals surface area contributed by atoms with E-state index in [1.165, 1.54) is 6.07 Å². The van der Waals surface area contributed by atoms with Gasteiger partial charge in [0, 0.05) is 36.8 Å². The van der Waals surface area contributed by atoms with Gasteiger partial charge in [0.15, 0.2) is 9.84 Å². The van der Waals surface area contributed by atoms with Crippen molar-refractivity contribution in [3.8, 4) is 11.4 Å². The van der Waals surface area contributed by atoms with Gasteiger partial charge in [-0.3, -0.25) is 9.78 Å². The van der Waals surface area contributed by atoms with E-state index < -0.39 is 9.84 Å². The molecule has 1 aliphatic heterocycles. The van der Waals surface area contributed by atoms with Crippen LogP contribution in [0.15, 0.2) is 65.7 Å². The standard InChI is InChI=1S/C30H33N5O5S/c1-20(2)35(11-12-39-3)29-6-4-5-25(34-29)26-10-9-22-17-31-24(16-27(22)33-26)18-32-30(36)21-7-8-23-19-40-13-14-41(37,38)28(23)15-21/h4-10,15-17,20H,11-14,18-19H2,1-3H3,(H,32,36). The van der Waals surface area contributed by atoms with Crippen molar-refractivity contribution >= 4 is 32.5 Å².